The minimum absolute atomic E-state index is 0.0507. The van der Waals surface area contributed by atoms with Crippen molar-refractivity contribution in [3.05, 3.63) is 64.7 Å². The van der Waals surface area contributed by atoms with E-state index in [9.17, 15) is 13.2 Å². The van der Waals surface area contributed by atoms with Gasteiger partial charge in [-0.15, -0.1) is 0 Å². The molecule has 0 bridgehead atoms. The third-order valence-electron chi connectivity index (χ3n) is 4.03. The highest BCUT2D eigenvalue weighted by molar-refractivity contribution is 7.89. The summed E-state index contributed by atoms with van der Waals surface area (Å²) in [6, 6.07) is 13.1. The molecule has 2 aromatic carbocycles. The van der Waals surface area contributed by atoms with Crippen molar-refractivity contribution in [2.24, 2.45) is 0 Å². The zero-order valence-corrected chi connectivity index (χ0v) is 17.1. The Bertz CT molecular complexity index is 1040. The van der Waals surface area contributed by atoms with Gasteiger partial charge in [-0.1, -0.05) is 43.6 Å². The van der Waals surface area contributed by atoms with Crippen LogP contribution >= 0.6 is 11.6 Å². The summed E-state index contributed by atoms with van der Waals surface area (Å²) >= 11 is 6.11. The van der Waals surface area contributed by atoms with Gasteiger partial charge in [0.25, 0.3) is 0 Å². The molecule has 2 aromatic rings. The summed E-state index contributed by atoms with van der Waals surface area (Å²) in [4.78, 5) is 12.3. The van der Waals surface area contributed by atoms with Gasteiger partial charge in [0.1, 0.15) is 0 Å². The molecular weight excluding hydrogens is 398 g/mol. The number of nitriles is 1. The van der Waals surface area contributed by atoms with Crippen LogP contribution in [0, 0.1) is 11.3 Å². The van der Waals surface area contributed by atoms with Crippen molar-refractivity contribution in [3.63, 3.8) is 0 Å². The van der Waals surface area contributed by atoms with Crippen molar-refractivity contribution in [1.82, 2.24) is 4.31 Å². The van der Waals surface area contributed by atoms with Crippen LogP contribution in [-0.4, -0.2) is 31.7 Å². The summed E-state index contributed by atoms with van der Waals surface area (Å²) in [7, 11) is -3.67. The fraction of sp³-hybridized carbons (Fsp3) is 0.200. The van der Waals surface area contributed by atoms with Crippen LogP contribution in [0.25, 0.3) is 6.08 Å². The van der Waals surface area contributed by atoms with Crippen molar-refractivity contribution in [2.75, 3.05) is 18.4 Å². The van der Waals surface area contributed by atoms with E-state index in [4.69, 9.17) is 16.9 Å². The number of nitrogens with zero attached hydrogens (tertiary/aromatic N) is 2. The summed E-state index contributed by atoms with van der Waals surface area (Å²) in [5.41, 5.74) is 1.24. The van der Waals surface area contributed by atoms with E-state index in [1.165, 1.54) is 34.7 Å². The quantitative estimate of drug-likeness (QED) is 0.692. The average Bonchev–Trinajstić information content (AvgIpc) is 2.68. The SMILES string of the molecule is CCN(CC)S(=O)(=O)c1ccc(Cl)c(NC(=O)/C=C/c2ccccc2C#N)c1. The monoisotopic (exact) mass is 417 g/mol. The van der Waals surface area contributed by atoms with Crippen molar-refractivity contribution < 1.29 is 13.2 Å². The number of carbonyl (C=O) groups excluding carboxylic acids is 1. The van der Waals surface area contributed by atoms with Crippen LogP contribution in [0.5, 0.6) is 0 Å². The Labute approximate surface area is 170 Å². The van der Waals surface area contributed by atoms with Crippen molar-refractivity contribution in [2.45, 2.75) is 18.7 Å². The molecule has 0 aliphatic carbocycles. The van der Waals surface area contributed by atoms with Gasteiger partial charge in [0.15, 0.2) is 0 Å². The van der Waals surface area contributed by atoms with Crippen LogP contribution in [0.1, 0.15) is 25.0 Å². The van der Waals surface area contributed by atoms with Gasteiger partial charge in [-0.3, -0.25) is 4.79 Å². The number of halogens is 1. The lowest BCUT2D eigenvalue weighted by Crippen LogP contribution is -2.30. The second-order valence-corrected chi connectivity index (χ2v) is 8.10. The molecule has 0 heterocycles. The van der Waals surface area contributed by atoms with Gasteiger partial charge in [-0.2, -0.15) is 9.57 Å². The number of anilines is 1. The molecule has 8 heteroatoms. The fourth-order valence-electron chi connectivity index (χ4n) is 2.56. The zero-order chi connectivity index (χ0) is 20.7. The number of carbonyl (C=O) groups is 1. The first-order valence-corrected chi connectivity index (χ1v) is 10.4. The predicted octanol–water partition coefficient (Wildman–Crippen LogP) is 3.89. The molecule has 0 atom stereocenters. The van der Waals surface area contributed by atoms with Crippen LogP contribution < -0.4 is 5.32 Å². The molecular formula is C20H20ClN3O3S. The number of amides is 1. The van der Waals surface area contributed by atoms with E-state index < -0.39 is 15.9 Å². The molecule has 0 aliphatic heterocycles. The molecule has 0 saturated carbocycles. The molecule has 0 spiro atoms. The maximum Gasteiger partial charge on any atom is 0.248 e. The largest absolute Gasteiger partial charge is 0.321 e. The van der Waals surface area contributed by atoms with E-state index in [1.807, 2.05) is 6.07 Å². The van der Waals surface area contributed by atoms with E-state index in [-0.39, 0.29) is 15.6 Å². The lowest BCUT2D eigenvalue weighted by atomic mass is 10.1. The summed E-state index contributed by atoms with van der Waals surface area (Å²) in [6.45, 7) is 4.18. The molecule has 0 radical (unpaired) electrons. The minimum atomic E-state index is -3.67. The first-order valence-electron chi connectivity index (χ1n) is 8.61. The van der Waals surface area contributed by atoms with Gasteiger partial charge in [-0.05, 0) is 35.9 Å². The zero-order valence-electron chi connectivity index (χ0n) is 15.5. The highest BCUT2D eigenvalue weighted by Gasteiger charge is 2.22. The first kappa shape index (κ1) is 21.6. The molecule has 1 N–H and O–H groups in total. The third-order valence-corrected chi connectivity index (χ3v) is 6.41. The number of sulfonamides is 1. The van der Waals surface area contributed by atoms with E-state index in [2.05, 4.69) is 5.32 Å². The van der Waals surface area contributed by atoms with Crippen LogP contribution in [0.2, 0.25) is 5.02 Å². The molecule has 0 unspecified atom stereocenters. The van der Waals surface area contributed by atoms with E-state index in [0.717, 1.165) is 0 Å². The number of hydrogen-bond donors (Lipinski definition) is 1. The molecule has 1 amide bonds. The second-order valence-electron chi connectivity index (χ2n) is 5.75. The van der Waals surface area contributed by atoms with Crippen molar-refractivity contribution >= 4 is 39.3 Å². The fourth-order valence-corrected chi connectivity index (χ4v) is 4.21. The molecule has 2 rings (SSSR count). The van der Waals surface area contributed by atoms with Crippen LogP contribution in [0.15, 0.2) is 53.4 Å². The Morgan fingerprint density at radius 1 is 1.21 bits per heavy atom. The molecule has 0 aliphatic rings. The smallest absolute Gasteiger partial charge is 0.248 e. The second kappa shape index (κ2) is 9.51. The van der Waals surface area contributed by atoms with Gasteiger partial charge >= 0.3 is 0 Å². The topological polar surface area (TPSA) is 90.3 Å². The summed E-state index contributed by atoms with van der Waals surface area (Å²) < 4.78 is 26.6. The third kappa shape index (κ3) is 4.98. The Balaban J connectivity index is 2.26. The highest BCUT2D eigenvalue weighted by Crippen LogP contribution is 2.27. The summed E-state index contributed by atoms with van der Waals surface area (Å²) in [6.07, 6.45) is 2.77. The van der Waals surface area contributed by atoms with Crippen LogP contribution in [0.4, 0.5) is 5.69 Å². The van der Waals surface area contributed by atoms with Gasteiger partial charge < -0.3 is 5.32 Å². The van der Waals surface area contributed by atoms with Gasteiger partial charge in [0.2, 0.25) is 15.9 Å². The predicted molar refractivity (Wildman–Crippen MR) is 110 cm³/mol. The summed E-state index contributed by atoms with van der Waals surface area (Å²) in [5.74, 6) is -0.493. The van der Waals surface area contributed by atoms with Crippen molar-refractivity contribution in [1.29, 1.82) is 5.26 Å². The highest BCUT2D eigenvalue weighted by atomic mass is 35.5. The van der Waals surface area contributed by atoms with Gasteiger partial charge in [-0.25, -0.2) is 8.42 Å². The minimum Gasteiger partial charge on any atom is -0.321 e. The Morgan fingerprint density at radius 3 is 2.54 bits per heavy atom. The van der Waals surface area contributed by atoms with Crippen LogP contribution in [-0.2, 0) is 14.8 Å². The number of hydrogen-bond acceptors (Lipinski definition) is 4. The molecule has 0 aromatic heterocycles. The van der Waals surface area contributed by atoms with Crippen molar-refractivity contribution in [3.8, 4) is 6.07 Å². The summed E-state index contributed by atoms with van der Waals surface area (Å²) in [5, 5.41) is 11.9. The van der Waals surface area contributed by atoms with Crippen LogP contribution in [0.3, 0.4) is 0 Å². The van der Waals surface area contributed by atoms with E-state index >= 15 is 0 Å². The standard InChI is InChI=1S/C20H20ClN3O3S/c1-3-24(4-2)28(26,27)17-10-11-18(21)19(13-17)23-20(25)12-9-15-7-5-6-8-16(15)14-22/h5-13H,3-4H2,1-2H3,(H,23,25)/b12-9+. The maximum atomic E-state index is 12.7. The molecule has 0 saturated heterocycles. The van der Waals surface area contributed by atoms with Gasteiger partial charge in [0.05, 0.1) is 27.2 Å². The Morgan fingerprint density at radius 2 is 1.89 bits per heavy atom. The Kier molecular flexibility index (Phi) is 7.35. The molecule has 28 heavy (non-hydrogen) atoms. The normalized spacial score (nSPS) is 11.5. The number of benzene rings is 2. The lowest BCUT2D eigenvalue weighted by Gasteiger charge is -2.19. The molecule has 0 fully saturated rings. The van der Waals surface area contributed by atoms with E-state index in [0.29, 0.717) is 24.2 Å². The maximum absolute atomic E-state index is 12.7. The molecule has 146 valence electrons. The number of rotatable bonds is 7. The molecule has 6 nitrogen and oxygen atoms in total. The number of nitrogens with one attached hydrogen (secondary N) is 1. The first-order chi connectivity index (χ1) is 13.3. The Hall–Kier alpha value is -2.66. The van der Waals surface area contributed by atoms with E-state index in [1.54, 1.807) is 38.1 Å². The van der Waals surface area contributed by atoms with Gasteiger partial charge in [0, 0.05) is 19.2 Å². The average molecular weight is 418 g/mol. The lowest BCUT2D eigenvalue weighted by molar-refractivity contribution is -0.111.